The molecular formula is C25H21BrFN5O2S. The Kier molecular flexibility index (Phi) is 5.79. The van der Waals surface area contributed by atoms with Crippen molar-refractivity contribution in [1.82, 2.24) is 19.5 Å². The zero-order chi connectivity index (χ0) is 23.9. The van der Waals surface area contributed by atoms with Crippen LogP contribution in [-0.2, 0) is 0 Å². The molecule has 1 atom stereocenters. The lowest BCUT2D eigenvalue weighted by Crippen LogP contribution is -2.47. The van der Waals surface area contributed by atoms with Crippen molar-refractivity contribution in [3.63, 3.8) is 0 Å². The molecule has 0 amide bonds. The van der Waals surface area contributed by atoms with E-state index in [2.05, 4.69) is 47.9 Å². The maximum atomic E-state index is 13.4. The molecular weight excluding hydrogens is 533 g/mol. The van der Waals surface area contributed by atoms with Crippen LogP contribution in [0.5, 0.6) is 5.88 Å². The quantitative estimate of drug-likeness (QED) is 0.307. The van der Waals surface area contributed by atoms with Gasteiger partial charge in [0.05, 0.1) is 17.2 Å². The number of rotatable bonds is 5. The van der Waals surface area contributed by atoms with Crippen LogP contribution in [0.3, 0.4) is 0 Å². The molecule has 1 aliphatic heterocycles. The van der Waals surface area contributed by atoms with E-state index >= 15 is 0 Å². The molecule has 178 valence electrons. The molecule has 6 rings (SSSR count). The zero-order valence-electron chi connectivity index (χ0n) is 18.5. The van der Waals surface area contributed by atoms with E-state index in [1.54, 1.807) is 18.4 Å². The molecule has 1 saturated heterocycles. The molecule has 0 unspecified atom stereocenters. The monoisotopic (exact) mass is 553 g/mol. The third-order valence-electron chi connectivity index (χ3n) is 6.23. The lowest BCUT2D eigenvalue weighted by atomic mass is 10.0. The highest BCUT2D eigenvalue weighted by Gasteiger charge is 2.32. The number of thiazole rings is 1. The predicted molar refractivity (Wildman–Crippen MR) is 136 cm³/mol. The molecule has 4 heterocycles. The fourth-order valence-electron chi connectivity index (χ4n) is 4.53. The molecule has 2 aromatic carbocycles. The van der Waals surface area contributed by atoms with E-state index in [1.165, 1.54) is 28.0 Å². The Morgan fingerprint density at radius 1 is 1.03 bits per heavy atom. The van der Waals surface area contributed by atoms with Gasteiger partial charge in [0.1, 0.15) is 5.82 Å². The standard InChI is InChI=1S/C25H21BrFN5O2S/c26-17-4-1-3-16(15-17)21(31-12-10-30(11-13-31)19-8-6-18(27)7-9-19)22-24(33)32-25(35-22)28-23(29-32)20-5-2-14-34-20/h1-9,14-15,21,33H,10-13H2/t21-/m0/s1. The van der Waals surface area contributed by atoms with Crippen molar-refractivity contribution in [2.45, 2.75) is 6.04 Å². The van der Waals surface area contributed by atoms with E-state index in [0.717, 1.165) is 46.8 Å². The van der Waals surface area contributed by atoms with Gasteiger partial charge in [0.15, 0.2) is 5.76 Å². The molecule has 7 nitrogen and oxygen atoms in total. The van der Waals surface area contributed by atoms with Crippen molar-refractivity contribution < 1.29 is 13.9 Å². The van der Waals surface area contributed by atoms with Crippen molar-refractivity contribution in [2.24, 2.45) is 0 Å². The first-order chi connectivity index (χ1) is 17.1. The molecule has 0 bridgehead atoms. The summed E-state index contributed by atoms with van der Waals surface area (Å²) in [5.41, 5.74) is 2.08. The van der Waals surface area contributed by atoms with Crippen LogP contribution in [0, 0.1) is 5.82 Å². The second kappa shape index (κ2) is 9.10. The van der Waals surface area contributed by atoms with Crippen molar-refractivity contribution in [2.75, 3.05) is 31.1 Å². The number of aromatic nitrogens is 3. The Morgan fingerprint density at radius 2 is 1.83 bits per heavy atom. The van der Waals surface area contributed by atoms with Crippen LogP contribution in [0.4, 0.5) is 10.1 Å². The van der Waals surface area contributed by atoms with Crippen LogP contribution >= 0.6 is 27.3 Å². The smallest absolute Gasteiger partial charge is 0.230 e. The molecule has 0 aliphatic carbocycles. The number of piperazine rings is 1. The van der Waals surface area contributed by atoms with Gasteiger partial charge in [-0.2, -0.15) is 9.50 Å². The number of hydrogen-bond acceptors (Lipinski definition) is 7. The zero-order valence-corrected chi connectivity index (χ0v) is 20.9. The minimum Gasteiger partial charge on any atom is -0.492 e. The summed E-state index contributed by atoms with van der Waals surface area (Å²) in [6.45, 7) is 3.14. The van der Waals surface area contributed by atoms with Crippen LogP contribution in [0.15, 0.2) is 75.8 Å². The second-order valence-corrected chi connectivity index (χ2v) is 10.3. The molecule has 0 spiro atoms. The highest BCUT2D eigenvalue weighted by Crippen LogP contribution is 2.41. The first-order valence-electron chi connectivity index (χ1n) is 11.2. The average molecular weight is 554 g/mol. The highest BCUT2D eigenvalue weighted by atomic mass is 79.9. The third-order valence-corrected chi connectivity index (χ3v) is 7.79. The van der Waals surface area contributed by atoms with Crippen molar-refractivity contribution in [3.8, 4) is 17.5 Å². The molecule has 1 fully saturated rings. The van der Waals surface area contributed by atoms with Gasteiger partial charge in [-0.1, -0.05) is 39.4 Å². The minimum atomic E-state index is -0.232. The number of furan rings is 1. The van der Waals surface area contributed by atoms with E-state index in [9.17, 15) is 9.50 Å². The molecule has 5 aromatic rings. The third kappa shape index (κ3) is 4.22. The summed E-state index contributed by atoms with van der Waals surface area (Å²) in [7, 11) is 0. The molecule has 35 heavy (non-hydrogen) atoms. The summed E-state index contributed by atoms with van der Waals surface area (Å²) in [5, 5.41) is 15.7. The second-order valence-electron chi connectivity index (χ2n) is 8.35. The Morgan fingerprint density at radius 3 is 2.51 bits per heavy atom. The van der Waals surface area contributed by atoms with Gasteiger partial charge in [-0.25, -0.2) is 4.39 Å². The molecule has 3 aromatic heterocycles. The van der Waals surface area contributed by atoms with Gasteiger partial charge >= 0.3 is 0 Å². The van der Waals surface area contributed by atoms with Gasteiger partial charge in [0, 0.05) is 36.3 Å². The van der Waals surface area contributed by atoms with Crippen LogP contribution in [0.2, 0.25) is 0 Å². The van der Waals surface area contributed by atoms with Crippen LogP contribution in [0.1, 0.15) is 16.5 Å². The molecule has 1 N–H and O–H groups in total. The molecule has 1 aliphatic rings. The first kappa shape index (κ1) is 22.3. The lowest BCUT2D eigenvalue weighted by Gasteiger charge is -2.40. The fraction of sp³-hybridized carbons (Fsp3) is 0.200. The maximum absolute atomic E-state index is 13.4. The Bertz CT molecular complexity index is 1460. The van der Waals surface area contributed by atoms with Crippen LogP contribution in [0.25, 0.3) is 16.5 Å². The summed E-state index contributed by atoms with van der Waals surface area (Å²) < 4.78 is 21.2. The minimum absolute atomic E-state index is 0.0845. The summed E-state index contributed by atoms with van der Waals surface area (Å²) in [4.78, 5) is 10.6. The summed E-state index contributed by atoms with van der Waals surface area (Å²) in [6.07, 6.45) is 1.57. The lowest BCUT2D eigenvalue weighted by molar-refractivity contribution is 0.211. The van der Waals surface area contributed by atoms with Gasteiger partial charge in [-0.05, 0) is 54.1 Å². The maximum Gasteiger partial charge on any atom is 0.230 e. The Labute approximate surface area is 213 Å². The number of nitrogens with zero attached hydrogens (tertiary/aromatic N) is 5. The van der Waals surface area contributed by atoms with Crippen molar-refractivity contribution >= 4 is 37.9 Å². The number of halogens is 2. The summed E-state index contributed by atoms with van der Waals surface area (Å²) >= 11 is 5.02. The Balaban J connectivity index is 1.33. The number of benzene rings is 2. The summed E-state index contributed by atoms with van der Waals surface area (Å²) in [6, 6.07) is 18.2. The van der Waals surface area contributed by atoms with Crippen LogP contribution < -0.4 is 4.90 Å². The number of hydrogen-bond donors (Lipinski definition) is 1. The molecule has 0 radical (unpaired) electrons. The normalized spacial score (nSPS) is 15.7. The van der Waals surface area contributed by atoms with Crippen molar-refractivity contribution in [3.05, 3.63) is 87.7 Å². The number of fused-ring (bicyclic) bond motifs is 1. The molecule has 0 saturated carbocycles. The SMILES string of the molecule is Oc1c([C@H](c2cccc(Br)c2)N2CCN(c3ccc(F)cc3)CC2)sc2nc(-c3ccco3)nn12. The Hall–Kier alpha value is -3.21. The van der Waals surface area contributed by atoms with E-state index in [-0.39, 0.29) is 17.7 Å². The molecule has 10 heteroatoms. The number of aromatic hydroxyl groups is 1. The van der Waals surface area contributed by atoms with E-state index in [4.69, 9.17) is 4.42 Å². The van der Waals surface area contributed by atoms with Crippen LogP contribution in [-0.4, -0.2) is 50.8 Å². The van der Waals surface area contributed by atoms with Crippen molar-refractivity contribution in [1.29, 1.82) is 0 Å². The van der Waals surface area contributed by atoms with Gasteiger partial charge in [0.2, 0.25) is 16.7 Å². The van der Waals surface area contributed by atoms with Gasteiger partial charge < -0.3 is 14.4 Å². The largest absolute Gasteiger partial charge is 0.492 e. The number of anilines is 1. The summed E-state index contributed by atoms with van der Waals surface area (Å²) in [5.74, 6) is 0.850. The topological polar surface area (TPSA) is 70.0 Å². The van der Waals surface area contributed by atoms with Gasteiger partial charge in [0.25, 0.3) is 0 Å². The van der Waals surface area contributed by atoms with E-state index in [1.807, 2.05) is 24.3 Å². The van der Waals surface area contributed by atoms with E-state index < -0.39 is 0 Å². The predicted octanol–water partition coefficient (Wildman–Crippen LogP) is 5.57. The first-order valence-corrected chi connectivity index (χ1v) is 12.8. The fourth-order valence-corrected chi connectivity index (χ4v) is 6.07. The van der Waals surface area contributed by atoms with Gasteiger partial charge in [-0.15, -0.1) is 5.10 Å². The average Bonchev–Trinajstić information content (AvgIpc) is 3.60. The highest BCUT2D eigenvalue weighted by molar-refractivity contribution is 9.10. The van der Waals surface area contributed by atoms with Gasteiger partial charge in [-0.3, -0.25) is 4.90 Å². The van der Waals surface area contributed by atoms with E-state index in [0.29, 0.717) is 16.5 Å².